The van der Waals surface area contributed by atoms with Gasteiger partial charge in [-0.2, -0.15) is 0 Å². The smallest absolute Gasteiger partial charge is 0.326 e. The highest BCUT2D eigenvalue weighted by Crippen LogP contribution is 2.12. The summed E-state index contributed by atoms with van der Waals surface area (Å²) < 4.78 is 0. The molecule has 0 saturated carbocycles. The standard InChI is InChI=1S/C24H37N7O8/c1-12(2)19(25)22(37)31-16(10-13-5-7-14(32)8-6-13)20(35)30-17(11-18(33)34)21(36)29-15(23(38)39)4-3-9-28-24(26)27/h5-8,12,15-17,19,32H,3-4,9-11,25H2,1-2H3,(H,29,36)(H,30,35)(H,31,37)(H,33,34)(H,38,39)(H4,26,27,28). The van der Waals surface area contributed by atoms with Crippen molar-refractivity contribution in [2.75, 3.05) is 6.54 Å². The van der Waals surface area contributed by atoms with Crippen molar-refractivity contribution in [3.63, 3.8) is 0 Å². The van der Waals surface area contributed by atoms with E-state index in [-0.39, 0.29) is 43.4 Å². The maximum Gasteiger partial charge on any atom is 0.326 e. The van der Waals surface area contributed by atoms with E-state index in [1.807, 2.05) is 0 Å². The summed E-state index contributed by atoms with van der Waals surface area (Å²) in [7, 11) is 0. The van der Waals surface area contributed by atoms with E-state index in [9.17, 15) is 39.3 Å². The number of amides is 3. The number of nitrogens with one attached hydrogen (secondary N) is 3. The Labute approximate surface area is 225 Å². The van der Waals surface area contributed by atoms with Crippen LogP contribution in [0.3, 0.4) is 0 Å². The molecule has 12 N–H and O–H groups in total. The van der Waals surface area contributed by atoms with Crippen molar-refractivity contribution in [2.45, 2.75) is 63.7 Å². The van der Waals surface area contributed by atoms with Gasteiger partial charge in [0, 0.05) is 13.0 Å². The molecule has 4 unspecified atom stereocenters. The molecule has 0 radical (unpaired) electrons. The zero-order valence-electron chi connectivity index (χ0n) is 21.8. The second-order valence-corrected chi connectivity index (χ2v) is 9.21. The topological polar surface area (TPSA) is 273 Å². The predicted octanol–water partition coefficient (Wildman–Crippen LogP) is -2.01. The summed E-state index contributed by atoms with van der Waals surface area (Å²) in [5.41, 5.74) is 16.9. The number of carboxylic acids is 2. The average Bonchev–Trinajstić information content (AvgIpc) is 2.84. The van der Waals surface area contributed by atoms with E-state index < -0.39 is 60.2 Å². The van der Waals surface area contributed by atoms with E-state index in [1.54, 1.807) is 13.8 Å². The zero-order chi connectivity index (χ0) is 29.7. The maximum absolute atomic E-state index is 13.2. The molecular weight excluding hydrogens is 514 g/mol. The van der Waals surface area contributed by atoms with Gasteiger partial charge in [0.2, 0.25) is 17.7 Å². The number of nitrogens with two attached hydrogens (primary N) is 3. The van der Waals surface area contributed by atoms with Crippen LogP contribution in [0.1, 0.15) is 38.7 Å². The van der Waals surface area contributed by atoms with Gasteiger partial charge in [-0.1, -0.05) is 26.0 Å². The van der Waals surface area contributed by atoms with E-state index in [2.05, 4.69) is 20.9 Å². The van der Waals surface area contributed by atoms with Crippen molar-refractivity contribution in [1.82, 2.24) is 16.0 Å². The number of aliphatic imine (C=N–C) groups is 1. The Balaban J connectivity index is 3.10. The lowest BCUT2D eigenvalue weighted by Gasteiger charge is -2.25. The molecule has 39 heavy (non-hydrogen) atoms. The lowest BCUT2D eigenvalue weighted by molar-refractivity contribution is -0.143. The van der Waals surface area contributed by atoms with Crippen molar-refractivity contribution in [3.8, 4) is 5.75 Å². The van der Waals surface area contributed by atoms with Gasteiger partial charge in [0.05, 0.1) is 12.5 Å². The van der Waals surface area contributed by atoms with Crippen LogP contribution in [0.25, 0.3) is 0 Å². The number of phenols is 1. The summed E-state index contributed by atoms with van der Waals surface area (Å²) in [6.07, 6.45) is -0.809. The number of rotatable bonds is 16. The van der Waals surface area contributed by atoms with Crippen LogP contribution in [0.4, 0.5) is 0 Å². The Hall–Kier alpha value is -4.40. The third-order valence-electron chi connectivity index (χ3n) is 5.60. The molecule has 0 bridgehead atoms. The fraction of sp³-hybridized carbons (Fsp3) is 0.500. The van der Waals surface area contributed by atoms with E-state index in [4.69, 9.17) is 17.2 Å². The van der Waals surface area contributed by atoms with Crippen LogP contribution in [0, 0.1) is 5.92 Å². The zero-order valence-corrected chi connectivity index (χ0v) is 21.8. The molecule has 15 nitrogen and oxygen atoms in total. The molecular formula is C24H37N7O8. The number of hydrogen-bond donors (Lipinski definition) is 9. The highest BCUT2D eigenvalue weighted by molar-refractivity contribution is 5.95. The van der Waals surface area contributed by atoms with Crippen LogP contribution in [-0.4, -0.2) is 81.7 Å². The molecule has 0 aromatic heterocycles. The number of hydrogen-bond acceptors (Lipinski definition) is 8. The Bertz CT molecular complexity index is 1040. The number of benzene rings is 1. The number of carboxylic acid groups (broad SMARTS) is 2. The van der Waals surface area contributed by atoms with Crippen LogP contribution >= 0.6 is 0 Å². The molecule has 0 aliphatic heterocycles. The Morgan fingerprint density at radius 3 is 1.92 bits per heavy atom. The first-order chi connectivity index (χ1) is 18.2. The Morgan fingerprint density at radius 1 is 0.872 bits per heavy atom. The van der Waals surface area contributed by atoms with Crippen LogP contribution < -0.4 is 33.2 Å². The highest BCUT2D eigenvalue weighted by Gasteiger charge is 2.32. The number of phenolic OH excluding ortho intramolecular Hbond substituents is 1. The monoisotopic (exact) mass is 551 g/mol. The molecule has 4 atom stereocenters. The first-order valence-electron chi connectivity index (χ1n) is 12.2. The lowest BCUT2D eigenvalue weighted by Crippen LogP contribution is -2.58. The van der Waals surface area contributed by atoms with Gasteiger partial charge >= 0.3 is 11.9 Å². The van der Waals surface area contributed by atoms with Crippen molar-refractivity contribution in [2.24, 2.45) is 28.1 Å². The highest BCUT2D eigenvalue weighted by atomic mass is 16.4. The normalized spacial score (nSPS) is 13.8. The lowest BCUT2D eigenvalue weighted by atomic mass is 10.0. The second-order valence-electron chi connectivity index (χ2n) is 9.21. The SMILES string of the molecule is CC(C)C(N)C(=O)NC(Cc1ccc(O)cc1)C(=O)NC(CC(=O)O)C(=O)NC(CCCN=C(N)N)C(=O)O. The van der Waals surface area contributed by atoms with Gasteiger partial charge in [-0.25, -0.2) is 4.79 Å². The van der Waals surface area contributed by atoms with E-state index >= 15 is 0 Å². The fourth-order valence-corrected chi connectivity index (χ4v) is 3.34. The minimum Gasteiger partial charge on any atom is -0.508 e. The van der Waals surface area contributed by atoms with E-state index in [0.29, 0.717) is 5.56 Å². The molecule has 1 aromatic carbocycles. The third kappa shape index (κ3) is 12.1. The minimum absolute atomic E-state index is 0.0184. The molecule has 1 rings (SSSR count). The molecule has 0 saturated heterocycles. The van der Waals surface area contributed by atoms with Crippen LogP contribution in [0.15, 0.2) is 29.3 Å². The predicted molar refractivity (Wildman–Crippen MR) is 140 cm³/mol. The summed E-state index contributed by atoms with van der Waals surface area (Å²) in [6, 6.07) is 0.511. The van der Waals surface area contributed by atoms with Crippen molar-refractivity contribution >= 4 is 35.6 Å². The number of aliphatic carboxylic acids is 2. The van der Waals surface area contributed by atoms with Crippen LogP contribution in [0.5, 0.6) is 5.75 Å². The van der Waals surface area contributed by atoms with Gasteiger partial charge in [-0.3, -0.25) is 24.2 Å². The minimum atomic E-state index is -1.66. The molecule has 15 heteroatoms. The van der Waals surface area contributed by atoms with Gasteiger partial charge in [0.15, 0.2) is 5.96 Å². The number of guanidine groups is 1. The molecule has 0 fully saturated rings. The summed E-state index contributed by atoms with van der Waals surface area (Å²) in [5, 5.41) is 35.3. The average molecular weight is 552 g/mol. The summed E-state index contributed by atoms with van der Waals surface area (Å²) in [4.78, 5) is 65.4. The molecule has 0 spiro atoms. The van der Waals surface area contributed by atoms with Crippen molar-refractivity contribution in [1.29, 1.82) is 0 Å². The Kier molecular flexibility index (Phi) is 13.2. The van der Waals surface area contributed by atoms with E-state index in [0.717, 1.165) is 0 Å². The summed E-state index contributed by atoms with van der Waals surface area (Å²) >= 11 is 0. The Morgan fingerprint density at radius 2 is 1.41 bits per heavy atom. The molecule has 0 heterocycles. The van der Waals surface area contributed by atoms with Gasteiger partial charge in [0.1, 0.15) is 23.9 Å². The second kappa shape index (κ2) is 15.8. The number of nitrogens with zero attached hydrogens (tertiary/aromatic N) is 1. The van der Waals surface area contributed by atoms with Gasteiger partial charge in [-0.15, -0.1) is 0 Å². The number of carbonyl (C=O) groups excluding carboxylic acids is 3. The summed E-state index contributed by atoms with van der Waals surface area (Å²) in [6.45, 7) is 3.53. The first-order valence-corrected chi connectivity index (χ1v) is 12.2. The van der Waals surface area contributed by atoms with Crippen LogP contribution in [-0.2, 0) is 30.4 Å². The van der Waals surface area contributed by atoms with Crippen molar-refractivity contribution < 1.29 is 39.3 Å². The fourth-order valence-electron chi connectivity index (χ4n) is 3.34. The maximum atomic E-state index is 13.2. The quantitative estimate of drug-likeness (QED) is 0.0614. The first kappa shape index (κ1) is 32.6. The molecule has 0 aliphatic rings. The number of aromatic hydroxyl groups is 1. The van der Waals surface area contributed by atoms with Gasteiger partial charge < -0.3 is 48.5 Å². The number of carbonyl (C=O) groups is 5. The van der Waals surface area contributed by atoms with E-state index in [1.165, 1.54) is 24.3 Å². The molecule has 1 aromatic rings. The molecule has 216 valence electrons. The molecule has 0 aliphatic carbocycles. The van der Waals surface area contributed by atoms with Gasteiger partial charge in [-0.05, 0) is 36.5 Å². The third-order valence-corrected chi connectivity index (χ3v) is 5.60. The largest absolute Gasteiger partial charge is 0.508 e. The van der Waals surface area contributed by atoms with Crippen LogP contribution in [0.2, 0.25) is 0 Å². The molecule has 3 amide bonds. The summed E-state index contributed by atoms with van der Waals surface area (Å²) in [5.74, 6) is -5.86. The van der Waals surface area contributed by atoms with Crippen molar-refractivity contribution in [3.05, 3.63) is 29.8 Å². The van der Waals surface area contributed by atoms with Gasteiger partial charge in [0.25, 0.3) is 0 Å².